The molecule has 0 aliphatic heterocycles. The molecule has 1 aromatic carbocycles. The number of halogens is 1. The Balaban J connectivity index is 2.68. The summed E-state index contributed by atoms with van der Waals surface area (Å²) in [6, 6.07) is 7.58. The van der Waals surface area contributed by atoms with Crippen LogP contribution in [0.25, 0.3) is 0 Å². The second kappa shape index (κ2) is 6.88. The third-order valence-corrected chi connectivity index (χ3v) is 3.16. The SMILES string of the molecule is CC(C)(C)OC(=O)C[C@@H](Cc1ccc(Br)cc1)C(N)=O. The van der Waals surface area contributed by atoms with Gasteiger partial charge in [-0.2, -0.15) is 0 Å². The van der Waals surface area contributed by atoms with Gasteiger partial charge in [-0.15, -0.1) is 0 Å². The molecule has 0 saturated carbocycles. The number of ether oxygens (including phenoxy) is 1. The number of carbonyl (C=O) groups excluding carboxylic acids is 2. The van der Waals surface area contributed by atoms with Crippen molar-refractivity contribution in [1.82, 2.24) is 0 Å². The summed E-state index contributed by atoms with van der Waals surface area (Å²) < 4.78 is 6.18. The molecule has 1 atom stereocenters. The van der Waals surface area contributed by atoms with E-state index in [0.29, 0.717) is 6.42 Å². The number of amides is 1. The van der Waals surface area contributed by atoms with E-state index >= 15 is 0 Å². The third-order valence-electron chi connectivity index (χ3n) is 2.63. The molecule has 0 heterocycles. The summed E-state index contributed by atoms with van der Waals surface area (Å²) in [6.07, 6.45) is 0.435. The smallest absolute Gasteiger partial charge is 0.307 e. The monoisotopic (exact) mass is 341 g/mol. The maximum atomic E-state index is 11.8. The molecular formula is C15H20BrNO3. The van der Waals surface area contributed by atoms with Crippen LogP contribution >= 0.6 is 15.9 Å². The van der Waals surface area contributed by atoms with E-state index in [9.17, 15) is 9.59 Å². The topological polar surface area (TPSA) is 69.4 Å². The van der Waals surface area contributed by atoms with Crippen LogP contribution in [-0.2, 0) is 20.7 Å². The van der Waals surface area contributed by atoms with Crippen LogP contribution in [0.3, 0.4) is 0 Å². The highest BCUT2D eigenvalue weighted by Crippen LogP contribution is 2.18. The highest BCUT2D eigenvalue weighted by atomic mass is 79.9. The van der Waals surface area contributed by atoms with Crippen LogP contribution in [-0.4, -0.2) is 17.5 Å². The van der Waals surface area contributed by atoms with Crippen LogP contribution in [0.4, 0.5) is 0 Å². The van der Waals surface area contributed by atoms with Crippen LogP contribution in [0.2, 0.25) is 0 Å². The Morgan fingerprint density at radius 2 is 1.80 bits per heavy atom. The number of hydrogen-bond acceptors (Lipinski definition) is 3. The normalized spacial score (nSPS) is 12.8. The lowest BCUT2D eigenvalue weighted by molar-refractivity contribution is -0.157. The lowest BCUT2D eigenvalue weighted by atomic mass is 9.95. The molecule has 4 nitrogen and oxygen atoms in total. The van der Waals surface area contributed by atoms with Crippen LogP contribution in [0.1, 0.15) is 32.8 Å². The van der Waals surface area contributed by atoms with Gasteiger partial charge < -0.3 is 10.5 Å². The molecule has 1 aromatic rings. The van der Waals surface area contributed by atoms with Crippen molar-refractivity contribution < 1.29 is 14.3 Å². The van der Waals surface area contributed by atoms with Gasteiger partial charge in [0.25, 0.3) is 0 Å². The molecule has 0 spiro atoms. The lowest BCUT2D eigenvalue weighted by Crippen LogP contribution is -2.31. The Labute approximate surface area is 127 Å². The van der Waals surface area contributed by atoms with E-state index in [1.165, 1.54) is 0 Å². The summed E-state index contributed by atoms with van der Waals surface area (Å²) >= 11 is 3.35. The van der Waals surface area contributed by atoms with E-state index in [0.717, 1.165) is 10.0 Å². The van der Waals surface area contributed by atoms with Gasteiger partial charge >= 0.3 is 5.97 Å². The maximum Gasteiger partial charge on any atom is 0.307 e. The maximum absolute atomic E-state index is 11.8. The van der Waals surface area contributed by atoms with Gasteiger partial charge in [-0.3, -0.25) is 9.59 Å². The fourth-order valence-electron chi connectivity index (χ4n) is 1.76. The zero-order chi connectivity index (χ0) is 15.3. The number of primary amides is 1. The molecule has 0 fully saturated rings. The molecule has 1 rings (SSSR count). The van der Waals surface area contributed by atoms with Gasteiger partial charge in [-0.25, -0.2) is 0 Å². The van der Waals surface area contributed by atoms with E-state index < -0.39 is 23.4 Å². The zero-order valence-electron chi connectivity index (χ0n) is 12.0. The van der Waals surface area contributed by atoms with Crippen molar-refractivity contribution in [2.45, 2.75) is 39.2 Å². The van der Waals surface area contributed by atoms with Gasteiger partial charge in [0, 0.05) is 4.47 Å². The van der Waals surface area contributed by atoms with Crippen molar-refractivity contribution in [3.8, 4) is 0 Å². The standard InChI is InChI=1S/C15H20BrNO3/c1-15(2,3)20-13(18)9-11(14(17)19)8-10-4-6-12(16)7-5-10/h4-7,11H,8-9H2,1-3H3,(H2,17,19)/t11-/m1/s1. The molecule has 5 heteroatoms. The first-order valence-electron chi connectivity index (χ1n) is 6.43. The molecule has 0 unspecified atom stereocenters. The Bertz CT molecular complexity index is 477. The fourth-order valence-corrected chi connectivity index (χ4v) is 2.03. The van der Waals surface area contributed by atoms with Gasteiger partial charge in [0.05, 0.1) is 12.3 Å². The van der Waals surface area contributed by atoms with E-state index in [-0.39, 0.29) is 6.42 Å². The first-order chi connectivity index (χ1) is 9.17. The van der Waals surface area contributed by atoms with Crippen LogP contribution in [0, 0.1) is 5.92 Å². The molecule has 0 bridgehead atoms. The molecule has 20 heavy (non-hydrogen) atoms. The Morgan fingerprint density at radius 1 is 1.25 bits per heavy atom. The molecule has 0 saturated heterocycles. The summed E-state index contributed by atoms with van der Waals surface area (Å²) in [5, 5.41) is 0. The molecule has 0 aromatic heterocycles. The number of carbonyl (C=O) groups is 2. The average molecular weight is 342 g/mol. The highest BCUT2D eigenvalue weighted by molar-refractivity contribution is 9.10. The Hall–Kier alpha value is -1.36. The van der Waals surface area contributed by atoms with E-state index in [1.807, 2.05) is 24.3 Å². The molecule has 0 aliphatic carbocycles. The number of benzene rings is 1. The number of esters is 1. The minimum absolute atomic E-state index is 0.00265. The highest BCUT2D eigenvalue weighted by Gasteiger charge is 2.24. The number of rotatable bonds is 5. The van der Waals surface area contributed by atoms with Gasteiger partial charge in [0.1, 0.15) is 5.60 Å². The van der Waals surface area contributed by atoms with Gasteiger partial charge in [0.15, 0.2) is 0 Å². The fraction of sp³-hybridized carbons (Fsp3) is 0.467. The molecule has 110 valence electrons. The predicted molar refractivity (Wildman–Crippen MR) is 81.0 cm³/mol. The van der Waals surface area contributed by atoms with Crippen molar-refractivity contribution in [1.29, 1.82) is 0 Å². The predicted octanol–water partition coefficient (Wildman–Crippen LogP) is 2.82. The summed E-state index contributed by atoms with van der Waals surface area (Å²) in [6.45, 7) is 5.37. The number of hydrogen-bond donors (Lipinski definition) is 1. The van der Waals surface area contributed by atoms with Gasteiger partial charge in [0.2, 0.25) is 5.91 Å². The first kappa shape index (κ1) is 16.7. The molecule has 2 N–H and O–H groups in total. The first-order valence-corrected chi connectivity index (χ1v) is 7.22. The molecular weight excluding hydrogens is 322 g/mol. The van der Waals surface area contributed by atoms with E-state index in [4.69, 9.17) is 10.5 Å². The van der Waals surface area contributed by atoms with Crippen molar-refractivity contribution >= 4 is 27.8 Å². The Morgan fingerprint density at radius 3 is 2.25 bits per heavy atom. The lowest BCUT2D eigenvalue weighted by Gasteiger charge is -2.21. The van der Waals surface area contributed by atoms with Gasteiger partial charge in [-0.05, 0) is 44.9 Å². The largest absolute Gasteiger partial charge is 0.460 e. The van der Waals surface area contributed by atoms with E-state index in [2.05, 4.69) is 15.9 Å². The van der Waals surface area contributed by atoms with E-state index in [1.54, 1.807) is 20.8 Å². The Kier molecular flexibility index (Phi) is 5.74. The molecule has 0 radical (unpaired) electrons. The van der Waals surface area contributed by atoms with Crippen molar-refractivity contribution in [2.24, 2.45) is 11.7 Å². The van der Waals surface area contributed by atoms with Crippen LogP contribution < -0.4 is 5.73 Å². The summed E-state index contributed by atoms with van der Waals surface area (Å²) in [4.78, 5) is 23.3. The second-order valence-electron chi connectivity index (χ2n) is 5.72. The molecule has 1 amide bonds. The third kappa shape index (κ3) is 6.19. The summed E-state index contributed by atoms with van der Waals surface area (Å²) in [5.74, 6) is -1.44. The van der Waals surface area contributed by atoms with Crippen molar-refractivity contribution in [3.63, 3.8) is 0 Å². The van der Waals surface area contributed by atoms with Gasteiger partial charge in [-0.1, -0.05) is 28.1 Å². The minimum Gasteiger partial charge on any atom is -0.460 e. The quantitative estimate of drug-likeness (QED) is 0.837. The zero-order valence-corrected chi connectivity index (χ0v) is 13.6. The summed E-state index contributed by atoms with van der Waals surface area (Å²) in [7, 11) is 0. The average Bonchev–Trinajstić information content (AvgIpc) is 2.28. The summed E-state index contributed by atoms with van der Waals surface area (Å²) in [5.41, 5.74) is 5.77. The van der Waals surface area contributed by atoms with Crippen molar-refractivity contribution in [3.05, 3.63) is 34.3 Å². The second-order valence-corrected chi connectivity index (χ2v) is 6.64. The molecule has 0 aliphatic rings. The number of nitrogens with two attached hydrogens (primary N) is 1. The minimum atomic E-state index is -0.559. The van der Waals surface area contributed by atoms with Crippen molar-refractivity contribution in [2.75, 3.05) is 0 Å². The van der Waals surface area contributed by atoms with Crippen LogP contribution in [0.15, 0.2) is 28.7 Å². The van der Waals surface area contributed by atoms with Crippen LogP contribution in [0.5, 0.6) is 0 Å².